The lowest BCUT2D eigenvalue weighted by atomic mass is 10.1. The number of hydrogen-bond donors (Lipinski definition) is 5. The van der Waals surface area contributed by atoms with E-state index in [1.807, 2.05) is 0 Å². The van der Waals surface area contributed by atoms with Crippen LogP contribution >= 0.6 is 0 Å². The number of aromatic hydroxyl groups is 1. The summed E-state index contributed by atoms with van der Waals surface area (Å²) in [4.78, 5) is 45.5. The van der Waals surface area contributed by atoms with Crippen molar-refractivity contribution in [2.45, 2.75) is 37.8 Å². The molecule has 0 heterocycles. The molecule has 0 saturated heterocycles. The molecule has 0 spiro atoms. The third-order valence-electron chi connectivity index (χ3n) is 4.67. The Morgan fingerprint density at radius 2 is 1.64 bits per heavy atom. The maximum absolute atomic E-state index is 12.6. The second-order valence-electron chi connectivity index (χ2n) is 7.20. The van der Waals surface area contributed by atoms with Gasteiger partial charge in [-0.15, -0.1) is 0 Å². The Hall–Kier alpha value is -3.77. The summed E-state index contributed by atoms with van der Waals surface area (Å²) in [6.45, 7) is 2.40. The van der Waals surface area contributed by atoms with Crippen LogP contribution in [0.4, 0.5) is 0 Å². The van der Waals surface area contributed by atoms with Gasteiger partial charge in [0.1, 0.15) is 11.3 Å². The van der Waals surface area contributed by atoms with Crippen LogP contribution in [0.3, 0.4) is 0 Å². The van der Waals surface area contributed by atoms with Gasteiger partial charge in [-0.3, -0.25) is 14.4 Å². The lowest BCUT2D eigenvalue weighted by Gasteiger charge is -2.14. The van der Waals surface area contributed by atoms with Crippen LogP contribution in [0.15, 0.2) is 41.3 Å². The Morgan fingerprint density at radius 1 is 1.03 bits per heavy atom. The van der Waals surface area contributed by atoms with Gasteiger partial charge in [0.25, 0.3) is 5.91 Å². The standard InChI is InChI=1S/C21H22N2O9S/c1-11-7-17(25)15(21(29)30)8-18(11)33(31,32)22-10-13-3-5-14(6-4-13)20(28)23-16(12(2)24)9-19(26)27/h3-8,16,22,25H,9-10H2,1-2H3,(H,23,28)(H,26,27)(H,29,30)/t16-/m0/s1. The molecular formula is C21H22N2O9S. The number of Topliss-reactive ketones (excluding diaryl/α,β-unsaturated/α-hetero) is 1. The minimum absolute atomic E-state index is 0.138. The van der Waals surface area contributed by atoms with Crippen molar-refractivity contribution >= 4 is 33.7 Å². The van der Waals surface area contributed by atoms with Crippen LogP contribution in [-0.4, -0.2) is 53.4 Å². The smallest absolute Gasteiger partial charge is 0.339 e. The fourth-order valence-electron chi connectivity index (χ4n) is 2.88. The molecule has 0 aliphatic rings. The van der Waals surface area contributed by atoms with E-state index >= 15 is 0 Å². The van der Waals surface area contributed by atoms with Crippen molar-refractivity contribution in [2.24, 2.45) is 0 Å². The molecule has 0 saturated carbocycles. The number of carboxylic acids is 2. The number of aliphatic carboxylic acids is 1. The molecule has 33 heavy (non-hydrogen) atoms. The molecule has 2 aromatic rings. The van der Waals surface area contributed by atoms with Crippen molar-refractivity contribution in [2.75, 3.05) is 0 Å². The summed E-state index contributed by atoms with van der Waals surface area (Å²) in [5.74, 6) is -4.44. The predicted octanol–water partition coefficient (Wildman–Crippen LogP) is 1.04. The molecule has 0 bridgehead atoms. The van der Waals surface area contributed by atoms with Crippen molar-refractivity contribution in [3.8, 4) is 5.75 Å². The molecule has 0 aromatic heterocycles. The number of carboxylic acid groups (broad SMARTS) is 2. The highest BCUT2D eigenvalue weighted by Crippen LogP contribution is 2.25. The number of amides is 1. The Bertz CT molecular complexity index is 1200. The fraction of sp³-hybridized carbons (Fsp3) is 0.238. The zero-order chi connectivity index (χ0) is 24.9. The number of nitrogens with one attached hydrogen (secondary N) is 2. The topological polar surface area (TPSA) is 187 Å². The third-order valence-corrected chi connectivity index (χ3v) is 6.21. The van der Waals surface area contributed by atoms with E-state index in [0.29, 0.717) is 5.56 Å². The lowest BCUT2D eigenvalue weighted by Crippen LogP contribution is -2.41. The number of aryl methyl sites for hydroxylation is 1. The number of carbonyl (C=O) groups is 4. The second kappa shape index (κ2) is 10.2. The minimum Gasteiger partial charge on any atom is -0.507 e. The molecule has 2 aromatic carbocycles. The van der Waals surface area contributed by atoms with Crippen LogP contribution < -0.4 is 10.0 Å². The Kier molecular flexibility index (Phi) is 7.90. The van der Waals surface area contributed by atoms with Crippen LogP contribution in [0.25, 0.3) is 0 Å². The van der Waals surface area contributed by atoms with E-state index in [2.05, 4.69) is 10.0 Å². The highest BCUT2D eigenvalue weighted by atomic mass is 32.2. The van der Waals surface area contributed by atoms with E-state index in [9.17, 15) is 32.7 Å². The number of sulfonamides is 1. The monoisotopic (exact) mass is 478 g/mol. The van der Waals surface area contributed by atoms with E-state index in [-0.39, 0.29) is 22.6 Å². The zero-order valence-electron chi connectivity index (χ0n) is 17.7. The number of benzene rings is 2. The van der Waals surface area contributed by atoms with E-state index in [0.717, 1.165) is 19.1 Å². The zero-order valence-corrected chi connectivity index (χ0v) is 18.5. The molecular weight excluding hydrogens is 456 g/mol. The summed E-state index contributed by atoms with van der Waals surface area (Å²) in [6.07, 6.45) is -0.554. The van der Waals surface area contributed by atoms with Gasteiger partial charge in [-0.25, -0.2) is 17.9 Å². The molecule has 5 N–H and O–H groups in total. The first kappa shape index (κ1) is 25.5. The SMILES string of the molecule is CC(=O)[C@H](CC(=O)O)NC(=O)c1ccc(CNS(=O)(=O)c2cc(C(=O)O)c(O)cc2C)cc1. The van der Waals surface area contributed by atoms with Gasteiger partial charge in [0.2, 0.25) is 10.0 Å². The van der Waals surface area contributed by atoms with Gasteiger partial charge in [0, 0.05) is 12.1 Å². The van der Waals surface area contributed by atoms with Gasteiger partial charge in [0.05, 0.1) is 17.4 Å². The third kappa shape index (κ3) is 6.60. The number of phenols is 1. The van der Waals surface area contributed by atoms with Crippen LogP contribution in [0.1, 0.15) is 45.2 Å². The molecule has 0 radical (unpaired) electrons. The maximum Gasteiger partial charge on any atom is 0.339 e. The number of aromatic carboxylic acids is 1. The van der Waals surface area contributed by atoms with Crippen molar-refractivity contribution < 1.29 is 42.9 Å². The second-order valence-corrected chi connectivity index (χ2v) is 8.93. The van der Waals surface area contributed by atoms with Crippen LogP contribution in [-0.2, 0) is 26.2 Å². The average Bonchev–Trinajstić information content (AvgIpc) is 2.71. The summed E-state index contributed by atoms with van der Waals surface area (Å²) in [5.41, 5.74) is 0.207. The van der Waals surface area contributed by atoms with Crippen molar-refractivity contribution in [3.63, 3.8) is 0 Å². The molecule has 0 aliphatic heterocycles. The van der Waals surface area contributed by atoms with Crippen LogP contribution in [0.2, 0.25) is 0 Å². The predicted molar refractivity (Wildman–Crippen MR) is 114 cm³/mol. The summed E-state index contributed by atoms with van der Waals surface area (Å²) < 4.78 is 27.6. The quantitative estimate of drug-likeness (QED) is 0.332. The van der Waals surface area contributed by atoms with Crippen molar-refractivity contribution in [1.82, 2.24) is 10.0 Å². The number of ketones is 1. The van der Waals surface area contributed by atoms with Crippen LogP contribution in [0, 0.1) is 6.92 Å². The molecule has 1 amide bonds. The van der Waals surface area contributed by atoms with Gasteiger partial charge in [-0.1, -0.05) is 12.1 Å². The van der Waals surface area contributed by atoms with Crippen LogP contribution in [0.5, 0.6) is 5.75 Å². The van der Waals surface area contributed by atoms with Gasteiger partial charge in [-0.2, -0.15) is 0 Å². The van der Waals surface area contributed by atoms with Gasteiger partial charge >= 0.3 is 11.9 Å². The summed E-state index contributed by atoms with van der Waals surface area (Å²) in [6, 6.07) is 6.42. The lowest BCUT2D eigenvalue weighted by molar-refractivity contribution is -0.139. The summed E-state index contributed by atoms with van der Waals surface area (Å²) >= 11 is 0. The molecule has 0 unspecified atom stereocenters. The number of hydrogen-bond acceptors (Lipinski definition) is 7. The Morgan fingerprint density at radius 3 is 2.15 bits per heavy atom. The molecule has 12 heteroatoms. The molecule has 0 fully saturated rings. The van der Waals surface area contributed by atoms with Gasteiger partial charge in [0.15, 0.2) is 5.78 Å². The molecule has 11 nitrogen and oxygen atoms in total. The highest BCUT2D eigenvalue weighted by molar-refractivity contribution is 7.89. The summed E-state index contributed by atoms with van der Waals surface area (Å²) in [7, 11) is -4.12. The Balaban J connectivity index is 2.12. The van der Waals surface area contributed by atoms with E-state index in [4.69, 9.17) is 10.2 Å². The number of carbonyl (C=O) groups excluding carboxylic acids is 2. The van der Waals surface area contributed by atoms with E-state index < -0.39 is 57.4 Å². The normalized spacial score (nSPS) is 12.1. The molecule has 1 atom stereocenters. The Labute approximate surface area is 189 Å². The van der Waals surface area contributed by atoms with Crippen molar-refractivity contribution in [3.05, 3.63) is 58.7 Å². The minimum atomic E-state index is -4.12. The molecule has 2 rings (SSSR count). The molecule has 0 aliphatic carbocycles. The van der Waals surface area contributed by atoms with E-state index in [1.54, 1.807) is 0 Å². The average molecular weight is 478 g/mol. The van der Waals surface area contributed by atoms with E-state index in [1.165, 1.54) is 31.2 Å². The largest absolute Gasteiger partial charge is 0.507 e. The first-order chi connectivity index (χ1) is 15.3. The fourth-order valence-corrected chi connectivity index (χ4v) is 4.14. The number of rotatable bonds is 10. The first-order valence-corrected chi connectivity index (χ1v) is 11.0. The van der Waals surface area contributed by atoms with Gasteiger partial charge < -0.3 is 20.6 Å². The maximum atomic E-state index is 12.6. The first-order valence-electron chi connectivity index (χ1n) is 9.50. The van der Waals surface area contributed by atoms with Gasteiger partial charge in [-0.05, 0) is 49.2 Å². The molecule has 176 valence electrons. The summed E-state index contributed by atoms with van der Waals surface area (Å²) in [5, 5.41) is 29.9. The van der Waals surface area contributed by atoms with Crippen molar-refractivity contribution in [1.29, 1.82) is 0 Å². The highest BCUT2D eigenvalue weighted by Gasteiger charge is 2.23.